The Morgan fingerprint density at radius 1 is 1.17 bits per heavy atom. The second-order valence-corrected chi connectivity index (χ2v) is 5.73. The number of hydrogen-bond acceptors (Lipinski definition) is 6. The van der Waals surface area contributed by atoms with Gasteiger partial charge in [-0.2, -0.15) is 0 Å². The van der Waals surface area contributed by atoms with Crippen LogP contribution in [0.3, 0.4) is 0 Å². The Morgan fingerprint density at radius 3 is 2.83 bits per heavy atom. The normalized spacial score (nSPS) is 18.3. The van der Waals surface area contributed by atoms with E-state index in [1.54, 1.807) is 4.68 Å². The average Bonchev–Trinajstić information content (AvgIpc) is 3.00. The number of aromatic nitrogens is 5. The van der Waals surface area contributed by atoms with E-state index in [0.717, 1.165) is 25.0 Å². The van der Waals surface area contributed by atoms with Crippen LogP contribution in [0.1, 0.15) is 19.3 Å². The van der Waals surface area contributed by atoms with Crippen LogP contribution in [0.5, 0.6) is 0 Å². The molecule has 1 aliphatic heterocycles. The van der Waals surface area contributed by atoms with Gasteiger partial charge in [-0.25, -0.2) is 14.6 Å². The van der Waals surface area contributed by atoms with Gasteiger partial charge in [0.2, 0.25) is 0 Å². The van der Waals surface area contributed by atoms with Gasteiger partial charge in [0.15, 0.2) is 22.8 Å². The molecule has 3 heterocycles. The molecule has 23 heavy (non-hydrogen) atoms. The standard InChI is InChI=1S/C16H18N6O/c17-14-13-16(19-15(18-14)11-6-2-1-3-7-11)22(21-20-13)10-12-8-4-5-9-23-12/h1-3,6-7,12H,4-5,8-10H2,(H2,17,18,19). The van der Waals surface area contributed by atoms with Crippen LogP contribution in [0.2, 0.25) is 0 Å². The molecule has 1 saturated heterocycles. The van der Waals surface area contributed by atoms with Gasteiger partial charge in [-0.3, -0.25) is 0 Å². The van der Waals surface area contributed by atoms with E-state index in [1.807, 2.05) is 30.3 Å². The van der Waals surface area contributed by atoms with Crippen LogP contribution in [0.25, 0.3) is 22.6 Å². The minimum atomic E-state index is 0.157. The molecule has 0 aliphatic carbocycles. The van der Waals surface area contributed by atoms with E-state index in [0.29, 0.717) is 29.4 Å². The summed E-state index contributed by atoms with van der Waals surface area (Å²) >= 11 is 0. The number of ether oxygens (including phenoxy) is 1. The van der Waals surface area contributed by atoms with Crippen LogP contribution in [0.15, 0.2) is 30.3 Å². The van der Waals surface area contributed by atoms with E-state index in [9.17, 15) is 0 Å². The Morgan fingerprint density at radius 2 is 2.04 bits per heavy atom. The summed E-state index contributed by atoms with van der Waals surface area (Å²) in [6.07, 6.45) is 3.50. The predicted molar refractivity (Wildman–Crippen MR) is 86.6 cm³/mol. The van der Waals surface area contributed by atoms with E-state index in [-0.39, 0.29) is 6.10 Å². The van der Waals surface area contributed by atoms with Crippen LogP contribution in [0, 0.1) is 0 Å². The lowest BCUT2D eigenvalue weighted by atomic mass is 10.1. The fourth-order valence-electron chi connectivity index (χ4n) is 2.86. The van der Waals surface area contributed by atoms with Crippen LogP contribution < -0.4 is 5.73 Å². The summed E-state index contributed by atoms with van der Waals surface area (Å²) in [7, 11) is 0. The molecule has 3 aromatic rings. The first kappa shape index (κ1) is 14.1. The van der Waals surface area contributed by atoms with Gasteiger partial charge >= 0.3 is 0 Å². The molecule has 2 N–H and O–H groups in total. The number of nitrogen functional groups attached to an aromatic ring is 1. The maximum atomic E-state index is 6.04. The van der Waals surface area contributed by atoms with Gasteiger partial charge < -0.3 is 10.5 Å². The highest BCUT2D eigenvalue weighted by Gasteiger charge is 2.19. The fourth-order valence-corrected chi connectivity index (χ4v) is 2.86. The summed E-state index contributed by atoms with van der Waals surface area (Å²) in [6, 6.07) is 9.77. The molecule has 0 bridgehead atoms. The van der Waals surface area contributed by atoms with Crippen LogP contribution in [-0.2, 0) is 11.3 Å². The lowest BCUT2D eigenvalue weighted by Gasteiger charge is -2.22. The summed E-state index contributed by atoms with van der Waals surface area (Å²) in [5.41, 5.74) is 8.16. The first-order chi connectivity index (χ1) is 11.3. The van der Waals surface area contributed by atoms with Crippen molar-refractivity contribution in [1.29, 1.82) is 0 Å². The topological polar surface area (TPSA) is 91.7 Å². The zero-order valence-electron chi connectivity index (χ0n) is 12.7. The second kappa shape index (κ2) is 5.92. The zero-order chi connectivity index (χ0) is 15.6. The van der Waals surface area contributed by atoms with Crippen LogP contribution in [-0.4, -0.2) is 37.7 Å². The van der Waals surface area contributed by atoms with Gasteiger partial charge in [0, 0.05) is 12.2 Å². The lowest BCUT2D eigenvalue weighted by Crippen LogP contribution is -2.25. The summed E-state index contributed by atoms with van der Waals surface area (Å²) < 4.78 is 7.56. The molecule has 0 amide bonds. The Labute approximate surface area is 133 Å². The van der Waals surface area contributed by atoms with Crippen molar-refractivity contribution in [1.82, 2.24) is 25.0 Å². The predicted octanol–water partition coefficient (Wildman–Crippen LogP) is 2.04. The number of anilines is 1. The third-order valence-corrected chi connectivity index (χ3v) is 4.07. The maximum Gasteiger partial charge on any atom is 0.184 e. The molecular formula is C16H18N6O. The molecule has 1 fully saturated rings. The van der Waals surface area contributed by atoms with Crippen molar-refractivity contribution in [3.63, 3.8) is 0 Å². The minimum Gasteiger partial charge on any atom is -0.382 e. The van der Waals surface area contributed by atoms with Gasteiger partial charge in [-0.1, -0.05) is 35.5 Å². The molecule has 0 saturated carbocycles. The highest BCUT2D eigenvalue weighted by Crippen LogP contribution is 2.22. The van der Waals surface area contributed by atoms with Crippen molar-refractivity contribution in [2.24, 2.45) is 0 Å². The van der Waals surface area contributed by atoms with Crippen molar-refractivity contribution < 1.29 is 4.74 Å². The van der Waals surface area contributed by atoms with Gasteiger partial charge in [-0.15, -0.1) is 5.10 Å². The fraction of sp³-hybridized carbons (Fsp3) is 0.375. The summed E-state index contributed by atoms with van der Waals surface area (Å²) in [4.78, 5) is 8.97. The van der Waals surface area contributed by atoms with Gasteiger partial charge in [0.05, 0.1) is 12.6 Å². The summed E-state index contributed by atoms with van der Waals surface area (Å²) in [5, 5.41) is 8.32. The molecule has 1 unspecified atom stereocenters. The average molecular weight is 310 g/mol. The highest BCUT2D eigenvalue weighted by atomic mass is 16.5. The number of nitrogens with two attached hydrogens (primary N) is 1. The summed E-state index contributed by atoms with van der Waals surface area (Å²) in [5.74, 6) is 0.938. The Bertz CT molecular complexity index is 810. The smallest absolute Gasteiger partial charge is 0.184 e. The van der Waals surface area contributed by atoms with Crippen molar-refractivity contribution in [3.8, 4) is 11.4 Å². The SMILES string of the molecule is Nc1nc(-c2ccccc2)nc2c1nnn2CC1CCCCO1. The molecule has 1 aliphatic rings. The largest absolute Gasteiger partial charge is 0.382 e. The number of hydrogen-bond donors (Lipinski definition) is 1. The van der Waals surface area contributed by atoms with Gasteiger partial charge in [0.1, 0.15) is 0 Å². The van der Waals surface area contributed by atoms with Crippen molar-refractivity contribution in [2.45, 2.75) is 31.9 Å². The molecule has 1 atom stereocenters. The molecular weight excluding hydrogens is 292 g/mol. The molecule has 0 spiro atoms. The van der Waals surface area contributed by atoms with Crippen molar-refractivity contribution in [2.75, 3.05) is 12.3 Å². The van der Waals surface area contributed by atoms with E-state index in [2.05, 4.69) is 20.3 Å². The van der Waals surface area contributed by atoms with E-state index < -0.39 is 0 Å². The van der Waals surface area contributed by atoms with Crippen LogP contribution >= 0.6 is 0 Å². The summed E-state index contributed by atoms with van der Waals surface area (Å²) in [6.45, 7) is 1.45. The molecule has 7 nitrogen and oxygen atoms in total. The van der Waals surface area contributed by atoms with Gasteiger partial charge in [-0.05, 0) is 19.3 Å². The lowest BCUT2D eigenvalue weighted by molar-refractivity contribution is 0.00434. The third-order valence-electron chi connectivity index (χ3n) is 4.07. The van der Waals surface area contributed by atoms with Crippen molar-refractivity contribution >= 4 is 17.0 Å². The Balaban J connectivity index is 1.73. The van der Waals surface area contributed by atoms with Crippen LogP contribution in [0.4, 0.5) is 5.82 Å². The number of rotatable bonds is 3. The number of benzene rings is 1. The monoisotopic (exact) mass is 310 g/mol. The minimum absolute atomic E-state index is 0.157. The van der Waals surface area contributed by atoms with Gasteiger partial charge in [0.25, 0.3) is 0 Å². The zero-order valence-corrected chi connectivity index (χ0v) is 12.7. The highest BCUT2D eigenvalue weighted by molar-refractivity contribution is 5.83. The van der Waals surface area contributed by atoms with E-state index in [4.69, 9.17) is 10.5 Å². The first-order valence-electron chi connectivity index (χ1n) is 7.85. The third kappa shape index (κ3) is 2.75. The molecule has 0 radical (unpaired) electrons. The second-order valence-electron chi connectivity index (χ2n) is 5.73. The van der Waals surface area contributed by atoms with E-state index in [1.165, 1.54) is 6.42 Å². The Hall–Kier alpha value is -2.54. The molecule has 2 aromatic heterocycles. The molecule has 1 aromatic carbocycles. The molecule has 4 rings (SSSR count). The molecule has 7 heteroatoms. The van der Waals surface area contributed by atoms with Crippen molar-refractivity contribution in [3.05, 3.63) is 30.3 Å². The maximum absolute atomic E-state index is 6.04. The number of fused-ring (bicyclic) bond motifs is 1. The Kier molecular flexibility index (Phi) is 3.63. The quantitative estimate of drug-likeness (QED) is 0.796. The molecule has 118 valence electrons. The number of nitrogens with zero attached hydrogens (tertiary/aromatic N) is 5. The van der Waals surface area contributed by atoms with E-state index >= 15 is 0 Å². The first-order valence-corrected chi connectivity index (χ1v) is 7.85.